The van der Waals surface area contributed by atoms with Crippen LogP contribution in [-0.4, -0.2) is 37.1 Å². The number of rotatable bonds is 4. The van der Waals surface area contributed by atoms with Gasteiger partial charge in [0.2, 0.25) is 0 Å². The molecular weight excluding hydrogens is 234 g/mol. The summed E-state index contributed by atoms with van der Waals surface area (Å²) in [6.45, 7) is 8.02. The van der Waals surface area contributed by atoms with Crippen LogP contribution in [0, 0.1) is 0 Å². The molecule has 1 saturated heterocycles. The maximum absolute atomic E-state index is 3.75. The standard InChI is InChI=1S/C16H25N3/c1-2-19-10-4-7-15(12-19)18-11-14-6-3-5-13-8-9-17-16(13)14/h3,5-6,15,17-18H,2,4,7-12H2,1H3. The van der Waals surface area contributed by atoms with Gasteiger partial charge in [-0.15, -0.1) is 0 Å². The lowest BCUT2D eigenvalue weighted by Crippen LogP contribution is -2.45. The van der Waals surface area contributed by atoms with Gasteiger partial charge in [0.15, 0.2) is 0 Å². The summed E-state index contributed by atoms with van der Waals surface area (Å²) in [5.74, 6) is 0. The number of hydrogen-bond donors (Lipinski definition) is 2. The second-order valence-corrected chi connectivity index (χ2v) is 5.74. The molecule has 0 aliphatic carbocycles. The van der Waals surface area contributed by atoms with Gasteiger partial charge < -0.3 is 15.5 Å². The maximum atomic E-state index is 3.75. The fourth-order valence-corrected chi connectivity index (χ4v) is 3.32. The van der Waals surface area contributed by atoms with Crippen molar-refractivity contribution in [1.29, 1.82) is 0 Å². The Kier molecular flexibility index (Phi) is 4.04. The van der Waals surface area contributed by atoms with Crippen molar-refractivity contribution in [3.63, 3.8) is 0 Å². The minimum atomic E-state index is 0.658. The van der Waals surface area contributed by atoms with Crippen molar-refractivity contribution in [3.05, 3.63) is 29.3 Å². The van der Waals surface area contributed by atoms with Crippen LogP contribution in [0.25, 0.3) is 0 Å². The minimum Gasteiger partial charge on any atom is -0.384 e. The molecule has 2 aliphatic rings. The molecule has 3 rings (SSSR count). The SMILES string of the molecule is CCN1CCCC(NCc2cccc3c2NCC3)C1. The van der Waals surface area contributed by atoms with E-state index in [-0.39, 0.29) is 0 Å². The number of hydrogen-bond acceptors (Lipinski definition) is 3. The first-order chi connectivity index (χ1) is 9.36. The second-order valence-electron chi connectivity index (χ2n) is 5.74. The van der Waals surface area contributed by atoms with E-state index in [4.69, 9.17) is 0 Å². The Balaban J connectivity index is 1.59. The molecule has 0 spiro atoms. The Morgan fingerprint density at radius 3 is 3.26 bits per heavy atom. The molecule has 2 heterocycles. The number of likely N-dealkylation sites (N-methyl/N-ethyl adjacent to an activating group) is 1. The van der Waals surface area contributed by atoms with Crippen molar-refractivity contribution in [3.8, 4) is 0 Å². The highest BCUT2D eigenvalue weighted by Crippen LogP contribution is 2.26. The highest BCUT2D eigenvalue weighted by Gasteiger charge is 2.19. The van der Waals surface area contributed by atoms with Crippen LogP contribution >= 0.6 is 0 Å². The summed E-state index contributed by atoms with van der Waals surface area (Å²) >= 11 is 0. The zero-order valence-electron chi connectivity index (χ0n) is 11.9. The van der Waals surface area contributed by atoms with Crippen molar-refractivity contribution in [2.45, 2.75) is 38.8 Å². The first-order valence-corrected chi connectivity index (χ1v) is 7.67. The zero-order chi connectivity index (χ0) is 13.1. The molecular formula is C16H25N3. The maximum Gasteiger partial charge on any atom is 0.0419 e. The van der Waals surface area contributed by atoms with E-state index in [0.717, 1.165) is 13.1 Å². The third-order valence-electron chi connectivity index (χ3n) is 4.47. The first-order valence-electron chi connectivity index (χ1n) is 7.67. The molecule has 3 nitrogen and oxygen atoms in total. The molecule has 1 aromatic carbocycles. The van der Waals surface area contributed by atoms with Gasteiger partial charge in [0, 0.05) is 31.4 Å². The molecule has 104 valence electrons. The quantitative estimate of drug-likeness (QED) is 0.868. The Morgan fingerprint density at radius 2 is 2.37 bits per heavy atom. The summed E-state index contributed by atoms with van der Waals surface area (Å²) in [5.41, 5.74) is 4.31. The van der Waals surface area contributed by atoms with Crippen molar-refractivity contribution in [2.24, 2.45) is 0 Å². The topological polar surface area (TPSA) is 27.3 Å². The van der Waals surface area contributed by atoms with Crippen LogP contribution < -0.4 is 10.6 Å². The number of piperidine rings is 1. The fourth-order valence-electron chi connectivity index (χ4n) is 3.32. The molecule has 1 aromatic rings. The van der Waals surface area contributed by atoms with Gasteiger partial charge in [-0.2, -0.15) is 0 Å². The van der Waals surface area contributed by atoms with Gasteiger partial charge in [-0.3, -0.25) is 0 Å². The summed E-state index contributed by atoms with van der Waals surface area (Å²) < 4.78 is 0. The summed E-state index contributed by atoms with van der Waals surface area (Å²) in [4.78, 5) is 2.55. The van der Waals surface area contributed by atoms with E-state index in [1.165, 1.54) is 55.7 Å². The normalized spacial score (nSPS) is 23.1. The monoisotopic (exact) mass is 259 g/mol. The van der Waals surface area contributed by atoms with Gasteiger partial charge >= 0.3 is 0 Å². The van der Waals surface area contributed by atoms with E-state index in [2.05, 4.69) is 40.7 Å². The van der Waals surface area contributed by atoms with Crippen LogP contribution in [0.15, 0.2) is 18.2 Å². The van der Waals surface area contributed by atoms with E-state index in [0.29, 0.717) is 6.04 Å². The van der Waals surface area contributed by atoms with E-state index in [1.54, 1.807) is 0 Å². The average molecular weight is 259 g/mol. The highest BCUT2D eigenvalue weighted by atomic mass is 15.2. The number of nitrogens with one attached hydrogen (secondary N) is 2. The van der Waals surface area contributed by atoms with E-state index >= 15 is 0 Å². The van der Waals surface area contributed by atoms with Crippen LogP contribution in [-0.2, 0) is 13.0 Å². The number of fused-ring (bicyclic) bond motifs is 1. The smallest absolute Gasteiger partial charge is 0.0419 e. The Labute approximate surface area is 116 Å². The van der Waals surface area contributed by atoms with Crippen LogP contribution in [0.4, 0.5) is 5.69 Å². The molecule has 2 N–H and O–H groups in total. The molecule has 0 radical (unpaired) electrons. The second kappa shape index (κ2) is 5.93. The Hall–Kier alpha value is -1.06. The zero-order valence-corrected chi connectivity index (χ0v) is 11.9. The summed E-state index contributed by atoms with van der Waals surface area (Å²) in [6.07, 6.45) is 3.83. The molecule has 1 atom stereocenters. The lowest BCUT2D eigenvalue weighted by atomic mass is 10.0. The molecule has 2 aliphatic heterocycles. The molecule has 0 bridgehead atoms. The minimum absolute atomic E-state index is 0.658. The van der Waals surface area contributed by atoms with Gasteiger partial charge in [-0.25, -0.2) is 0 Å². The van der Waals surface area contributed by atoms with E-state index in [1.807, 2.05) is 0 Å². The van der Waals surface area contributed by atoms with Crippen LogP contribution in [0.3, 0.4) is 0 Å². The average Bonchev–Trinajstić information content (AvgIpc) is 2.94. The van der Waals surface area contributed by atoms with Crippen LogP contribution in [0.5, 0.6) is 0 Å². The molecule has 3 heteroatoms. The fraction of sp³-hybridized carbons (Fsp3) is 0.625. The summed E-state index contributed by atoms with van der Waals surface area (Å²) in [6, 6.07) is 7.36. The van der Waals surface area contributed by atoms with Crippen LogP contribution in [0.2, 0.25) is 0 Å². The van der Waals surface area contributed by atoms with Gasteiger partial charge in [0.05, 0.1) is 0 Å². The lowest BCUT2D eigenvalue weighted by molar-refractivity contribution is 0.198. The van der Waals surface area contributed by atoms with E-state index in [9.17, 15) is 0 Å². The van der Waals surface area contributed by atoms with Crippen molar-refractivity contribution >= 4 is 5.69 Å². The van der Waals surface area contributed by atoms with Gasteiger partial charge in [0.25, 0.3) is 0 Å². The molecule has 0 amide bonds. The molecule has 0 saturated carbocycles. The largest absolute Gasteiger partial charge is 0.384 e. The number of likely N-dealkylation sites (tertiary alicyclic amines) is 1. The van der Waals surface area contributed by atoms with Crippen molar-refractivity contribution < 1.29 is 0 Å². The number of para-hydroxylation sites is 1. The molecule has 0 aromatic heterocycles. The molecule has 19 heavy (non-hydrogen) atoms. The van der Waals surface area contributed by atoms with Crippen molar-refractivity contribution in [2.75, 3.05) is 31.5 Å². The predicted molar refractivity (Wildman–Crippen MR) is 80.6 cm³/mol. The highest BCUT2D eigenvalue weighted by molar-refractivity contribution is 5.61. The third kappa shape index (κ3) is 2.93. The molecule has 1 unspecified atom stereocenters. The van der Waals surface area contributed by atoms with Gasteiger partial charge in [-0.1, -0.05) is 25.1 Å². The van der Waals surface area contributed by atoms with Crippen LogP contribution in [0.1, 0.15) is 30.9 Å². The number of nitrogens with zero attached hydrogens (tertiary/aromatic N) is 1. The number of anilines is 1. The van der Waals surface area contributed by atoms with Crippen molar-refractivity contribution in [1.82, 2.24) is 10.2 Å². The summed E-state index contributed by atoms with van der Waals surface area (Å²) in [5, 5.41) is 7.28. The number of benzene rings is 1. The van der Waals surface area contributed by atoms with Gasteiger partial charge in [-0.05, 0) is 43.5 Å². The van der Waals surface area contributed by atoms with Gasteiger partial charge in [0.1, 0.15) is 0 Å². The Morgan fingerprint density at radius 1 is 1.42 bits per heavy atom. The summed E-state index contributed by atoms with van der Waals surface area (Å²) in [7, 11) is 0. The third-order valence-corrected chi connectivity index (χ3v) is 4.47. The first kappa shape index (κ1) is 12.9. The Bertz CT molecular complexity index is 430. The lowest BCUT2D eigenvalue weighted by Gasteiger charge is -2.32. The predicted octanol–water partition coefficient (Wildman–Crippen LogP) is 2.23. The van der Waals surface area contributed by atoms with E-state index < -0.39 is 0 Å². The molecule has 1 fully saturated rings.